The Morgan fingerprint density at radius 3 is 2.18 bits per heavy atom. The fourth-order valence-corrected chi connectivity index (χ4v) is 2.46. The summed E-state index contributed by atoms with van der Waals surface area (Å²) in [6.45, 7) is 0.323. The van der Waals surface area contributed by atoms with E-state index in [2.05, 4.69) is 0 Å². The minimum atomic E-state index is -4.51. The van der Waals surface area contributed by atoms with Crippen molar-refractivity contribution in [1.29, 1.82) is 0 Å². The Bertz CT molecular complexity index is 624. The van der Waals surface area contributed by atoms with Crippen LogP contribution in [-0.4, -0.2) is 24.1 Å². The Morgan fingerprint density at radius 2 is 1.64 bits per heavy atom. The van der Waals surface area contributed by atoms with Gasteiger partial charge in [-0.3, -0.25) is 0 Å². The molecular weight excluding hydrogens is 291 g/mol. The van der Waals surface area contributed by atoms with Crippen molar-refractivity contribution in [3.63, 3.8) is 0 Å². The highest BCUT2D eigenvalue weighted by Gasteiger charge is 2.36. The smallest absolute Gasteiger partial charge is 0.384 e. The zero-order valence-corrected chi connectivity index (χ0v) is 12.4. The van der Waals surface area contributed by atoms with Crippen molar-refractivity contribution in [3.05, 3.63) is 70.8 Å². The van der Waals surface area contributed by atoms with Crippen LogP contribution in [0.15, 0.2) is 48.5 Å². The van der Waals surface area contributed by atoms with Crippen LogP contribution < -0.4 is 0 Å². The van der Waals surface area contributed by atoms with Crippen LogP contribution in [0.5, 0.6) is 0 Å². The van der Waals surface area contributed by atoms with E-state index in [1.165, 1.54) is 6.07 Å². The minimum Gasteiger partial charge on any atom is -0.384 e. The monoisotopic (exact) mass is 309 g/mol. The molecule has 0 saturated heterocycles. The molecule has 0 saturated carbocycles. The fourth-order valence-electron chi connectivity index (χ4n) is 2.46. The average molecular weight is 309 g/mol. The largest absolute Gasteiger partial charge is 0.416 e. The number of aliphatic hydroxyl groups is 1. The number of hydrogen-bond acceptors (Lipinski definition) is 2. The molecule has 0 spiro atoms. The Morgan fingerprint density at radius 1 is 1.00 bits per heavy atom. The number of benzene rings is 2. The average Bonchev–Trinajstić information content (AvgIpc) is 2.46. The first kappa shape index (κ1) is 16.5. The van der Waals surface area contributed by atoms with Crippen molar-refractivity contribution in [2.24, 2.45) is 0 Å². The van der Waals surface area contributed by atoms with Crippen LogP contribution in [-0.2, 0) is 12.7 Å². The van der Waals surface area contributed by atoms with Gasteiger partial charge in [0.05, 0.1) is 5.56 Å². The zero-order valence-electron chi connectivity index (χ0n) is 12.4. The first-order valence-electron chi connectivity index (χ1n) is 6.87. The molecule has 1 N–H and O–H groups in total. The van der Waals surface area contributed by atoms with Crippen LogP contribution in [0.2, 0.25) is 0 Å². The van der Waals surface area contributed by atoms with Gasteiger partial charge in [-0.1, -0.05) is 42.5 Å². The van der Waals surface area contributed by atoms with Crippen molar-refractivity contribution < 1.29 is 18.3 Å². The van der Waals surface area contributed by atoms with E-state index in [1.807, 2.05) is 0 Å². The van der Waals surface area contributed by atoms with E-state index in [4.69, 9.17) is 0 Å². The van der Waals surface area contributed by atoms with E-state index in [9.17, 15) is 18.3 Å². The van der Waals surface area contributed by atoms with Crippen molar-refractivity contribution in [2.75, 3.05) is 14.1 Å². The van der Waals surface area contributed by atoms with Crippen LogP contribution >= 0.6 is 0 Å². The SMILES string of the molecule is CN(C)Cc1cccc(C(F)(F)F)c1[C@H](O)c1ccccc1. The highest BCUT2D eigenvalue weighted by Crippen LogP contribution is 2.38. The van der Waals surface area contributed by atoms with Crippen molar-refractivity contribution in [3.8, 4) is 0 Å². The van der Waals surface area contributed by atoms with Gasteiger partial charge >= 0.3 is 6.18 Å². The number of halogens is 3. The Labute approximate surface area is 127 Å². The van der Waals surface area contributed by atoms with Gasteiger partial charge in [-0.25, -0.2) is 0 Å². The highest BCUT2D eigenvalue weighted by molar-refractivity contribution is 5.43. The quantitative estimate of drug-likeness (QED) is 0.927. The number of aliphatic hydroxyl groups excluding tert-OH is 1. The maximum atomic E-state index is 13.3. The molecule has 0 aliphatic rings. The molecule has 0 heterocycles. The van der Waals surface area contributed by atoms with E-state index in [-0.39, 0.29) is 5.56 Å². The third kappa shape index (κ3) is 3.67. The predicted octanol–water partition coefficient (Wildman–Crippen LogP) is 3.85. The maximum Gasteiger partial charge on any atom is 0.416 e. The molecule has 0 aromatic heterocycles. The van der Waals surface area contributed by atoms with Gasteiger partial charge in [0, 0.05) is 12.1 Å². The molecule has 0 fully saturated rings. The molecule has 5 heteroatoms. The number of rotatable bonds is 4. The van der Waals surface area contributed by atoms with Gasteiger partial charge in [-0.05, 0) is 31.3 Å². The summed E-state index contributed by atoms with van der Waals surface area (Å²) in [7, 11) is 3.55. The van der Waals surface area contributed by atoms with Gasteiger partial charge in [0.1, 0.15) is 6.10 Å². The lowest BCUT2D eigenvalue weighted by Gasteiger charge is -2.23. The highest BCUT2D eigenvalue weighted by atomic mass is 19.4. The molecule has 2 rings (SSSR count). The topological polar surface area (TPSA) is 23.5 Å². The maximum absolute atomic E-state index is 13.3. The van der Waals surface area contributed by atoms with Crippen LogP contribution in [0.3, 0.4) is 0 Å². The van der Waals surface area contributed by atoms with Gasteiger partial charge in [0.15, 0.2) is 0 Å². The first-order chi connectivity index (χ1) is 10.3. The van der Waals surface area contributed by atoms with Gasteiger partial charge in [0.2, 0.25) is 0 Å². The molecule has 2 aromatic carbocycles. The molecule has 0 radical (unpaired) electrons. The summed E-state index contributed by atoms with van der Waals surface area (Å²) < 4.78 is 40.0. The Hall–Kier alpha value is -1.85. The van der Waals surface area contributed by atoms with E-state index in [0.717, 1.165) is 6.07 Å². The fraction of sp³-hybridized carbons (Fsp3) is 0.294. The van der Waals surface area contributed by atoms with Crippen molar-refractivity contribution >= 4 is 0 Å². The molecule has 22 heavy (non-hydrogen) atoms. The van der Waals surface area contributed by atoms with Crippen LogP contribution in [0.4, 0.5) is 13.2 Å². The second-order valence-electron chi connectivity index (χ2n) is 5.43. The van der Waals surface area contributed by atoms with Gasteiger partial charge in [-0.15, -0.1) is 0 Å². The summed E-state index contributed by atoms with van der Waals surface area (Å²) >= 11 is 0. The third-order valence-corrected chi connectivity index (χ3v) is 3.38. The summed E-state index contributed by atoms with van der Waals surface area (Å²) in [5.74, 6) is 0. The standard InChI is InChI=1S/C17H18F3NO/c1-21(2)11-13-9-6-10-14(17(18,19)20)15(13)16(22)12-7-4-3-5-8-12/h3-10,16,22H,11H2,1-2H3/t16-/m1/s1. The molecule has 2 nitrogen and oxygen atoms in total. The minimum absolute atomic E-state index is 0.0742. The van der Waals surface area contributed by atoms with Gasteiger partial charge in [0.25, 0.3) is 0 Å². The van der Waals surface area contributed by atoms with E-state index in [0.29, 0.717) is 17.7 Å². The normalized spacial score (nSPS) is 13.4. The predicted molar refractivity (Wildman–Crippen MR) is 79.3 cm³/mol. The molecule has 118 valence electrons. The van der Waals surface area contributed by atoms with Crippen molar-refractivity contribution in [1.82, 2.24) is 4.90 Å². The molecule has 0 unspecified atom stereocenters. The molecular formula is C17H18F3NO. The molecule has 0 bridgehead atoms. The molecule has 2 aromatic rings. The number of alkyl halides is 3. The second-order valence-corrected chi connectivity index (χ2v) is 5.43. The Balaban J connectivity index is 2.59. The molecule has 0 aliphatic heterocycles. The molecule has 0 aliphatic carbocycles. The first-order valence-corrected chi connectivity index (χ1v) is 6.87. The summed E-state index contributed by atoms with van der Waals surface area (Å²) in [6.07, 6.45) is -5.82. The van der Waals surface area contributed by atoms with E-state index in [1.54, 1.807) is 55.4 Å². The zero-order chi connectivity index (χ0) is 16.3. The summed E-state index contributed by atoms with van der Waals surface area (Å²) in [6, 6.07) is 12.4. The number of hydrogen-bond donors (Lipinski definition) is 1. The van der Waals surface area contributed by atoms with Gasteiger partial charge < -0.3 is 10.0 Å². The van der Waals surface area contributed by atoms with Crippen LogP contribution in [0, 0.1) is 0 Å². The summed E-state index contributed by atoms with van der Waals surface area (Å²) in [5.41, 5.74) is 0.0495. The molecule has 1 atom stereocenters. The van der Waals surface area contributed by atoms with Crippen molar-refractivity contribution in [2.45, 2.75) is 18.8 Å². The lowest BCUT2D eigenvalue weighted by molar-refractivity contribution is -0.139. The van der Waals surface area contributed by atoms with Crippen LogP contribution in [0.1, 0.15) is 28.4 Å². The van der Waals surface area contributed by atoms with Gasteiger partial charge in [-0.2, -0.15) is 13.2 Å². The lowest BCUT2D eigenvalue weighted by Crippen LogP contribution is -2.19. The Kier molecular flexibility index (Phi) is 4.88. The molecule has 0 amide bonds. The van der Waals surface area contributed by atoms with E-state index < -0.39 is 17.8 Å². The number of nitrogens with zero attached hydrogens (tertiary/aromatic N) is 1. The lowest BCUT2D eigenvalue weighted by atomic mass is 9.91. The van der Waals surface area contributed by atoms with Crippen LogP contribution in [0.25, 0.3) is 0 Å². The second kappa shape index (κ2) is 6.50. The third-order valence-electron chi connectivity index (χ3n) is 3.38. The summed E-state index contributed by atoms with van der Waals surface area (Å²) in [5, 5.41) is 10.5. The summed E-state index contributed by atoms with van der Waals surface area (Å²) in [4.78, 5) is 1.77. The van der Waals surface area contributed by atoms with E-state index >= 15 is 0 Å².